The molecule has 12 heteroatoms. The van der Waals surface area contributed by atoms with Gasteiger partial charge in [-0.05, 0) is 82.9 Å². The zero-order valence-corrected chi connectivity index (χ0v) is 26.9. The summed E-state index contributed by atoms with van der Waals surface area (Å²) in [5.74, 6) is -1.21. The average Bonchev–Trinajstić information content (AvgIpc) is 2.94. The predicted octanol–water partition coefficient (Wildman–Crippen LogP) is 5.36. The smallest absolute Gasteiger partial charge is 0.410 e. The van der Waals surface area contributed by atoms with Crippen molar-refractivity contribution in [3.05, 3.63) is 80.5 Å². The molecule has 1 amide bonds. The lowest BCUT2D eigenvalue weighted by Crippen LogP contribution is -2.55. The molecule has 5 rings (SSSR count). The molecule has 4 heterocycles. The molecule has 0 unspecified atom stereocenters. The number of nitrogens with zero attached hydrogens (tertiary/aromatic N) is 6. The van der Waals surface area contributed by atoms with Crippen LogP contribution in [0.25, 0.3) is 11.8 Å². The Bertz CT molecular complexity index is 1760. The zero-order chi connectivity index (χ0) is 33.0. The van der Waals surface area contributed by atoms with Gasteiger partial charge >= 0.3 is 11.8 Å². The predicted molar refractivity (Wildman–Crippen MR) is 169 cm³/mol. The molecule has 0 aromatic carbocycles. The monoisotopic (exact) mass is 618 g/mol. The van der Waals surface area contributed by atoms with Crippen LogP contribution >= 0.6 is 0 Å². The molecular formula is C33H39FN6O5. The second-order valence-corrected chi connectivity index (χ2v) is 12.9. The van der Waals surface area contributed by atoms with E-state index in [1.165, 1.54) is 16.7 Å². The summed E-state index contributed by atoms with van der Waals surface area (Å²) in [4.78, 5) is 52.5. The van der Waals surface area contributed by atoms with Crippen molar-refractivity contribution in [3.63, 3.8) is 0 Å². The van der Waals surface area contributed by atoms with Gasteiger partial charge < -0.3 is 14.5 Å². The minimum atomic E-state index is -0.803. The van der Waals surface area contributed by atoms with Crippen molar-refractivity contribution in [2.24, 2.45) is 0 Å². The quantitative estimate of drug-likeness (QED) is 0.453. The van der Waals surface area contributed by atoms with Crippen molar-refractivity contribution in [1.82, 2.24) is 19.4 Å². The zero-order valence-electron chi connectivity index (χ0n) is 26.9. The van der Waals surface area contributed by atoms with E-state index in [4.69, 9.17) is 4.74 Å². The molecule has 0 spiro atoms. The van der Waals surface area contributed by atoms with Crippen LogP contribution in [0.3, 0.4) is 0 Å². The molecule has 11 nitrogen and oxygen atoms in total. The third kappa shape index (κ3) is 5.82. The first-order valence-corrected chi connectivity index (χ1v) is 15.0. The summed E-state index contributed by atoms with van der Waals surface area (Å²) in [5.41, 5.74) is 0.821. The van der Waals surface area contributed by atoms with E-state index >= 15 is 4.39 Å². The van der Waals surface area contributed by atoms with Crippen molar-refractivity contribution in [2.45, 2.75) is 73.0 Å². The molecule has 0 saturated carbocycles. The minimum Gasteiger partial charge on any atom is -0.444 e. The van der Waals surface area contributed by atoms with Gasteiger partial charge in [0.05, 0.1) is 28.2 Å². The average molecular weight is 619 g/mol. The third-order valence-electron chi connectivity index (χ3n) is 7.92. The molecule has 2 aromatic rings. The number of ketones is 1. The number of anilines is 2. The van der Waals surface area contributed by atoms with E-state index in [-0.39, 0.29) is 29.0 Å². The Labute approximate surface area is 261 Å². The highest BCUT2D eigenvalue weighted by molar-refractivity contribution is 6.10. The van der Waals surface area contributed by atoms with Crippen molar-refractivity contribution < 1.29 is 23.9 Å². The van der Waals surface area contributed by atoms with Gasteiger partial charge in [0.1, 0.15) is 17.2 Å². The molecule has 3 aliphatic rings. The maximum absolute atomic E-state index is 15.2. The number of piperazine rings is 1. The fraction of sp³-hybridized carbons (Fsp3) is 0.424. The Morgan fingerprint density at radius 2 is 1.89 bits per heavy atom. The number of amides is 1. The van der Waals surface area contributed by atoms with E-state index in [0.717, 1.165) is 11.1 Å². The second kappa shape index (κ2) is 11.7. The summed E-state index contributed by atoms with van der Waals surface area (Å²) in [7, 11) is 0. The lowest BCUT2D eigenvalue weighted by Gasteiger charge is -2.42. The normalized spacial score (nSPS) is 20.4. The van der Waals surface area contributed by atoms with Crippen LogP contribution in [0.15, 0.2) is 58.0 Å². The van der Waals surface area contributed by atoms with Crippen LogP contribution in [-0.2, 0) is 9.53 Å². The highest BCUT2D eigenvalue weighted by atomic mass is 19.1. The van der Waals surface area contributed by atoms with Gasteiger partial charge in [0.25, 0.3) is 0 Å². The number of pyridine rings is 1. The third-order valence-corrected chi connectivity index (χ3v) is 7.92. The van der Waals surface area contributed by atoms with E-state index in [9.17, 15) is 19.6 Å². The van der Waals surface area contributed by atoms with Crippen LogP contribution in [0.2, 0.25) is 0 Å². The number of fused-ring (bicyclic) bond motifs is 1. The molecule has 0 bridgehead atoms. The number of carbonyl (C=O) groups excluding carboxylic acids is 2. The number of allylic oxidation sites excluding steroid dienone is 6. The lowest BCUT2D eigenvalue weighted by molar-refractivity contribution is -0.111. The van der Waals surface area contributed by atoms with Gasteiger partial charge in [-0.1, -0.05) is 19.9 Å². The summed E-state index contributed by atoms with van der Waals surface area (Å²) in [6.07, 6.45) is 6.61. The first kappa shape index (κ1) is 31.8. The molecule has 2 aromatic heterocycles. The molecule has 0 radical (unpaired) electrons. The standard InChI is InChI=1S/C33H39FN6O5/c1-18(2)26-28(19(3)12-13-35-26)39-30-22(16-20(4)27(40(30)44)25-23(34)10-9-11-24(25)41)29(36-31(39)42)38-15-14-37(17-21(38)5)32(43)45-33(6,7)8/h9-13,16,18,21,44H,14-15,17H2,1-8H3/t21-/m0/s1. The van der Waals surface area contributed by atoms with Gasteiger partial charge in [-0.3, -0.25) is 15.0 Å². The summed E-state index contributed by atoms with van der Waals surface area (Å²) in [5, 5.41) is 12.7. The largest absolute Gasteiger partial charge is 0.444 e. The van der Waals surface area contributed by atoms with Crippen LogP contribution in [0.1, 0.15) is 71.2 Å². The fourth-order valence-corrected chi connectivity index (χ4v) is 5.91. The van der Waals surface area contributed by atoms with Crippen LogP contribution < -0.4 is 15.7 Å². The van der Waals surface area contributed by atoms with E-state index in [1.54, 1.807) is 30.2 Å². The first-order chi connectivity index (χ1) is 21.1. The Morgan fingerprint density at radius 1 is 1.18 bits per heavy atom. The van der Waals surface area contributed by atoms with Gasteiger partial charge in [0, 0.05) is 31.9 Å². The summed E-state index contributed by atoms with van der Waals surface area (Å²) >= 11 is 0. The number of hydrogen-bond acceptors (Lipinski definition) is 9. The van der Waals surface area contributed by atoms with Crippen molar-refractivity contribution >= 4 is 29.6 Å². The number of aromatic nitrogens is 3. The van der Waals surface area contributed by atoms with Gasteiger partial charge in [-0.2, -0.15) is 4.98 Å². The molecule has 238 valence electrons. The van der Waals surface area contributed by atoms with Gasteiger partial charge in [0.2, 0.25) is 0 Å². The van der Waals surface area contributed by atoms with Crippen LogP contribution in [0.5, 0.6) is 0 Å². The highest BCUT2D eigenvalue weighted by Gasteiger charge is 2.38. The van der Waals surface area contributed by atoms with E-state index < -0.39 is 29.0 Å². The minimum absolute atomic E-state index is 0.00743. The molecule has 1 atom stereocenters. The van der Waals surface area contributed by atoms with Crippen molar-refractivity contribution in [3.8, 4) is 5.69 Å². The number of hydrogen-bond donors (Lipinski definition) is 1. The molecule has 1 fully saturated rings. The summed E-state index contributed by atoms with van der Waals surface area (Å²) in [6, 6.07) is 1.48. The maximum Gasteiger partial charge on any atom is 0.410 e. The fourth-order valence-electron chi connectivity index (χ4n) is 5.91. The Kier molecular flexibility index (Phi) is 8.30. The number of aryl methyl sites for hydroxylation is 1. The first-order valence-electron chi connectivity index (χ1n) is 15.0. The lowest BCUT2D eigenvalue weighted by atomic mass is 9.95. The second-order valence-electron chi connectivity index (χ2n) is 12.9. The number of carbonyl (C=O) groups is 2. The number of hydroxylamine groups is 1. The molecular weight excluding hydrogens is 579 g/mol. The number of rotatable bonds is 3. The van der Waals surface area contributed by atoms with Crippen molar-refractivity contribution in [1.29, 1.82) is 0 Å². The maximum atomic E-state index is 15.2. The topological polar surface area (TPSA) is 121 Å². The van der Waals surface area contributed by atoms with Crippen LogP contribution in [-0.4, -0.2) is 67.8 Å². The molecule has 45 heavy (non-hydrogen) atoms. The summed E-state index contributed by atoms with van der Waals surface area (Å²) < 4.78 is 22.0. The molecule has 1 aliphatic carbocycles. The van der Waals surface area contributed by atoms with E-state index in [1.807, 2.05) is 53.4 Å². The Hall–Kier alpha value is -4.58. The van der Waals surface area contributed by atoms with E-state index in [2.05, 4.69) is 9.97 Å². The van der Waals surface area contributed by atoms with Gasteiger partial charge in [0.15, 0.2) is 11.6 Å². The highest BCUT2D eigenvalue weighted by Crippen LogP contribution is 2.42. The van der Waals surface area contributed by atoms with Crippen LogP contribution in [0, 0.1) is 6.92 Å². The molecule has 1 N–H and O–H groups in total. The van der Waals surface area contributed by atoms with Crippen LogP contribution in [0.4, 0.5) is 20.8 Å². The van der Waals surface area contributed by atoms with Gasteiger partial charge in [-0.15, -0.1) is 0 Å². The Morgan fingerprint density at radius 3 is 2.51 bits per heavy atom. The SMILES string of the molecule is CC1=Cc2c(N3CCN(C(=O)OC(C)(C)C)C[C@@H]3C)nc(=O)n(-c3c(C)ccnc3C(C)C)c2N(O)C1=C1C(=O)C=CC=C1F. The van der Waals surface area contributed by atoms with Crippen molar-refractivity contribution in [2.75, 3.05) is 29.6 Å². The van der Waals surface area contributed by atoms with E-state index in [0.29, 0.717) is 53.5 Å². The van der Waals surface area contributed by atoms with Gasteiger partial charge in [-0.25, -0.2) is 23.6 Å². The number of halogens is 1. The molecule has 1 saturated heterocycles. The number of ether oxygens (including phenoxy) is 1. The summed E-state index contributed by atoms with van der Waals surface area (Å²) in [6.45, 7) is 15.7. The molecule has 2 aliphatic heterocycles. The Balaban J connectivity index is 1.73.